The van der Waals surface area contributed by atoms with Gasteiger partial charge in [0.15, 0.2) is 0 Å². The maximum Gasteiger partial charge on any atom is 0.122 e. The van der Waals surface area contributed by atoms with Gasteiger partial charge in [-0.05, 0) is 29.5 Å². The fraction of sp³-hybridized carbons (Fsp3) is 0.538. The van der Waals surface area contributed by atoms with E-state index in [1.165, 1.54) is 11.1 Å². The highest BCUT2D eigenvalue weighted by Gasteiger charge is 2.56. The molecular weight excluding hydrogens is 186 g/mol. The lowest BCUT2D eigenvalue weighted by atomic mass is 9.98. The van der Waals surface area contributed by atoms with Crippen LogP contribution >= 0.6 is 0 Å². The Kier molecular flexibility index (Phi) is 2.27. The van der Waals surface area contributed by atoms with Gasteiger partial charge in [0.25, 0.3) is 0 Å². The van der Waals surface area contributed by atoms with E-state index in [9.17, 15) is 0 Å². The Balaban J connectivity index is 2.39. The van der Waals surface area contributed by atoms with Crippen LogP contribution in [0.3, 0.4) is 0 Å². The van der Waals surface area contributed by atoms with E-state index in [1.807, 2.05) is 12.1 Å². The van der Waals surface area contributed by atoms with Crippen LogP contribution in [0.5, 0.6) is 5.75 Å². The number of benzene rings is 1. The van der Waals surface area contributed by atoms with Crippen LogP contribution in [0.25, 0.3) is 0 Å². The van der Waals surface area contributed by atoms with Gasteiger partial charge in [-0.25, -0.2) is 0 Å². The predicted molar refractivity (Wildman–Crippen MR) is 62.2 cm³/mol. The van der Waals surface area contributed by atoms with Crippen molar-refractivity contribution in [3.05, 3.63) is 29.3 Å². The SMILES string of the molecule is COc1cccc([C@H]2[C@H](N)C2(C)C)c1C. The van der Waals surface area contributed by atoms with E-state index in [1.54, 1.807) is 7.11 Å². The molecule has 0 heterocycles. The molecule has 2 N–H and O–H groups in total. The van der Waals surface area contributed by atoms with Crippen molar-refractivity contribution in [1.29, 1.82) is 0 Å². The van der Waals surface area contributed by atoms with Crippen LogP contribution in [0.1, 0.15) is 30.9 Å². The molecule has 1 saturated carbocycles. The molecule has 2 rings (SSSR count). The van der Waals surface area contributed by atoms with Gasteiger partial charge in [-0.1, -0.05) is 26.0 Å². The smallest absolute Gasteiger partial charge is 0.122 e. The van der Waals surface area contributed by atoms with Crippen molar-refractivity contribution in [1.82, 2.24) is 0 Å². The van der Waals surface area contributed by atoms with Gasteiger partial charge in [-0.3, -0.25) is 0 Å². The van der Waals surface area contributed by atoms with Crippen LogP contribution in [0.15, 0.2) is 18.2 Å². The van der Waals surface area contributed by atoms with Gasteiger partial charge < -0.3 is 10.5 Å². The summed E-state index contributed by atoms with van der Waals surface area (Å²) in [4.78, 5) is 0. The molecule has 0 radical (unpaired) electrons. The maximum atomic E-state index is 6.10. The van der Waals surface area contributed by atoms with Gasteiger partial charge in [-0.2, -0.15) is 0 Å². The lowest BCUT2D eigenvalue weighted by molar-refractivity contribution is 0.410. The van der Waals surface area contributed by atoms with E-state index in [4.69, 9.17) is 10.5 Å². The Morgan fingerprint density at radius 2 is 1.93 bits per heavy atom. The first-order valence-electron chi connectivity index (χ1n) is 5.39. The van der Waals surface area contributed by atoms with Gasteiger partial charge in [-0.15, -0.1) is 0 Å². The van der Waals surface area contributed by atoms with Crippen LogP contribution in [-0.2, 0) is 0 Å². The summed E-state index contributed by atoms with van der Waals surface area (Å²) >= 11 is 0. The quantitative estimate of drug-likeness (QED) is 0.805. The first-order chi connectivity index (χ1) is 7.00. The van der Waals surface area contributed by atoms with Crippen molar-refractivity contribution in [2.24, 2.45) is 11.1 Å². The zero-order chi connectivity index (χ0) is 11.2. The van der Waals surface area contributed by atoms with E-state index in [0.717, 1.165) is 5.75 Å². The molecule has 1 aromatic rings. The molecule has 2 atom stereocenters. The normalized spacial score (nSPS) is 27.5. The van der Waals surface area contributed by atoms with Gasteiger partial charge >= 0.3 is 0 Å². The summed E-state index contributed by atoms with van der Waals surface area (Å²) < 4.78 is 5.33. The van der Waals surface area contributed by atoms with Crippen molar-refractivity contribution < 1.29 is 4.74 Å². The van der Waals surface area contributed by atoms with Crippen molar-refractivity contribution in [3.63, 3.8) is 0 Å². The van der Waals surface area contributed by atoms with Crippen molar-refractivity contribution in [2.75, 3.05) is 7.11 Å². The summed E-state index contributed by atoms with van der Waals surface area (Å²) in [5, 5.41) is 0. The molecule has 15 heavy (non-hydrogen) atoms. The summed E-state index contributed by atoms with van der Waals surface area (Å²) in [7, 11) is 1.71. The zero-order valence-corrected chi connectivity index (χ0v) is 9.87. The molecule has 0 amide bonds. The Hall–Kier alpha value is -1.02. The number of ether oxygens (including phenoxy) is 1. The highest BCUT2D eigenvalue weighted by Crippen LogP contribution is 2.58. The lowest BCUT2D eigenvalue weighted by Gasteiger charge is -2.11. The van der Waals surface area contributed by atoms with E-state index < -0.39 is 0 Å². The van der Waals surface area contributed by atoms with Crippen LogP contribution < -0.4 is 10.5 Å². The Bertz CT molecular complexity index is 384. The summed E-state index contributed by atoms with van der Waals surface area (Å²) in [6.45, 7) is 6.55. The molecule has 0 spiro atoms. The Morgan fingerprint density at radius 3 is 2.40 bits per heavy atom. The van der Waals surface area contributed by atoms with Crippen LogP contribution in [0, 0.1) is 12.3 Å². The van der Waals surface area contributed by atoms with Gasteiger partial charge in [0.05, 0.1) is 7.11 Å². The standard InChI is InChI=1S/C13H19NO/c1-8-9(6-5-7-10(8)15-4)11-12(14)13(11,2)3/h5-7,11-12H,14H2,1-4H3/t11-,12-/m0/s1. The lowest BCUT2D eigenvalue weighted by Crippen LogP contribution is -2.06. The van der Waals surface area contributed by atoms with Gasteiger partial charge in [0.2, 0.25) is 0 Å². The van der Waals surface area contributed by atoms with Crippen molar-refractivity contribution in [2.45, 2.75) is 32.7 Å². The highest BCUT2D eigenvalue weighted by molar-refractivity contribution is 5.46. The third kappa shape index (κ3) is 1.44. The largest absolute Gasteiger partial charge is 0.496 e. The molecule has 0 bridgehead atoms. The number of hydrogen-bond acceptors (Lipinski definition) is 2. The van der Waals surface area contributed by atoms with Crippen LogP contribution in [0.4, 0.5) is 0 Å². The summed E-state index contributed by atoms with van der Waals surface area (Å²) in [5.74, 6) is 1.44. The average Bonchev–Trinajstić information content (AvgIpc) is 2.68. The minimum absolute atomic E-state index is 0.233. The van der Waals surface area contributed by atoms with Gasteiger partial charge in [0.1, 0.15) is 5.75 Å². The monoisotopic (exact) mass is 205 g/mol. The topological polar surface area (TPSA) is 35.2 Å². The fourth-order valence-electron chi connectivity index (χ4n) is 2.46. The number of hydrogen-bond donors (Lipinski definition) is 1. The first kappa shape index (κ1) is 10.5. The molecule has 1 aliphatic carbocycles. The van der Waals surface area contributed by atoms with E-state index in [0.29, 0.717) is 5.92 Å². The predicted octanol–water partition coefficient (Wildman–Crippen LogP) is 2.45. The second kappa shape index (κ2) is 3.24. The molecule has 1 aromatic carbocycles. The fourth-order valence-corrected chi connectivity index (χ4v) is 2.46. The molecule has 0 aliphatic heterocycles. The highest BCUT2D eigenvalue weighted by atomic mass is 16.5. The molecule has 0 saturated heterocycles. The second-order valence-corrected chi connectivity index (χ2v) is 5.00. The molecule has 0 unspecified atom stereocenters. The van der Waals surface area contributed by atoms with E-state index >= 15 is 0 Å². The Morgan fingerprint density at radius 1 is 1.33 bits per heavy atom. The van der Waals surface area contributed by atoms with Crippen molar-refractivity contribution >= 4 is 0 Å². The average molecular weight is 205 g/mol. The van der Waals surface area contributed by atoms with E-state index in [-0.39, 0.29) is 11.5 Å². The zero-order valence-electron chi connectivity index (χ0n) is 9.87. The van der Waals surface area contributed by atoms with E-state index in [2.05, 4.69) is 26.8 Å². The summed E-state index contributed by atoms with van der Waals surface area (Å²) in [6, 6.07) is 6.49. The minimum atomic E-state index is 0.233. The maximum absolute atomic E-state index is 6.10. The first-order valence-corrected chi connectivity index (χ1v) is 5.39. The second-order valence-electron chi connectivity index (χ2n) is 5.00. The van der Waals surface area contributed by atoms with Crippen LogP contribution in [-0.4, -0.2) is 13.2 Å². The van der Waals surface area contributed by atoms with Crippen LogP contribution in [0.2, 0.25) is 0 Å². The molecule has 2 heteroatoms. The van der Waals surface area contributed by atoms with Gasteiger partial charge in [0, 0.05) is 12.0 Å². The molecule has 1 fully saturated rings. The molecular formula is C13H19NO. The van der Waals surface area contributed by atoms with Crippen molar-refractivity contribution in [3.8, 4) is 5.75 Å². The molecule has 2 nitrogen and oxygen atoms in total. The molecule has 1 aliphatic rings. The molecule has 82 valence electrons. The number of nitrogens with two attached hydrogens (primary N) is 1. The Labute approximate surface area is 91.4 Å². The molecule has 0 aromatic heterocycles. The minimum Gasteiger partial charge on any atom is -0.496 e. The summed E-state index contributed by atoms with van der Waals surface area (Å²) in [5.41, 5.74) is 8.90. The number of rotatable bonds is 2. The third-order valence-corrected chi connectivity index (χ3v) is 3.79. The summed E-state index contributed by atoms with van der Waals surface area (Å²) in [6.07, 6.45) is 0. The third-order valence-electron chi connectivity index (χ3n) is 3.79. The number of methoxy groups -OCH3 is 1.